The number of nitrogen functional groups attached to an aromatic ring is 1. The first-order valence-corrected chi connectivity index (χ1v) is 6.78. The van der Waals surface area contributed by atoms with Gasteiger partial charge >= 0.3 is 0 Å². The molecule has 1 aliphatic rings. The molecule has 88 valence electrons. The van der Waals surface area contributed by atoms with E-state index in [1.54, 1.807) is 0 Å². The highest BCUT2D eigenvalue weighted by atomic mass is 127. The first kappa shape index (κ1) is 12.1. The van der Waals surface area contributed by atoms with E-state index < -0.39 is 0 Å². The van der Waals surface area contributed by atoms with Crippen LogP contribution in [0.5, 0.6) is 0 Å². The van der Waals surface area contributed by atoms with Crippen molar-refractivity contribution < 1.29 is 0 Å². The van der Waals surface area contributed by atoms with Crippen LogP contribution in [0, 0.1) is 9.49 Å². The molecule has 4 heteroatoms. The minimum Gasteiger partial charge on any atom is -0.383 e. The fourth-order valence-electron chi connectivity index (χ4n) is 1.68. The van der Waals surface area contributed by atoms with Gasteiger partial charge in [-0.1, -0.05) is 20.8 Å². The van der Waals surface area contributed by atoms with Crippen LogP contribution in [-0.4, -0.2) is 9.97 Å². The van der Waals surface area contributed by atoms with Gasteiger partial charge in [0.15, 0.2) is 0 Å². The number of hydrogen-bond acceptors (Lipinski definition) is 3. The molecule has 0 aliphatic heterocycles. The van der Waals surface area contributed by atoms with Crippen molar-refractivity contribution in [2.45, 2.75) is 45.4 Å². The highest BCUT2D eigenvalue weighted by Crippen LogP contribution is 2.33. The molecule has 0 atom stereocenters. The third kappa shape index (κ3) is 2.64. The van der Waals surface area contributed by atoms with Crippen molar-refractivity contribution in [3.8, 4) is 0 Å². The first-order valence-electron chi connectivity index (χ1n) is 5.70. The highest BCUT2D eigenvalue weighted by molar-refractivity contribution is 14.1. The van der Waals surface area contributed by atoms with Crippen molar-refractivity contribution in [2.24, 2.45) is 5.92 Å². The molecule has 2 rings (SSSR count). The van der Waals surface area contributed by atoms with Crippen LogP contribution in [0.4, 0.5) is 5.82 Å². The molecule has 0 amide bonds. The van der Waals surface area contributed by atoms with E-state index in [0.717, 1.165) is 27.4 Å². The number of halogens is 1. The van der Waals surface area contributed by atoms with Crippen LogP contribution >= 0.6 is 22.6 Å². The molecule has 2 N–H and O–H groups in total. The predicted molar refractivity (Wildman–Crippen MR) is 74.3 cm³/mol. The van der Waals surface area contributed by atoms with Crippen molar-refractivity contribution in [3.63, 3.8) is 0 Å². The average molecular weight is 331 g/mol. The summed E-state index contributed by atoms with van der Waals surface area (Å²) in [5.74, 6) is 2.36. The number of hydrogen-bond donors (Lipinski definition) is 1. The fourth-order valence-corrected chi connectivity index (χ4v) is 2.73. The van der Waals surface area contributed by atoms with E-state index in [1.807, 2.05) is 0 Å². The molecule has 3 nitrogen and oxygen atoms in total. The Labute approximate surface area is 110 Å². The molecule has 0 aromatic carbocycles. The van der Waals surface area contributed by atoms with E-state index in [4.69, 9.17) is 5.73 Å². The molecule has 1 aromatic rings. The Kier molecular flexibility index (Phi) is 3.11. The molecule has 1 fully saturated rings. The molecule has 1 aromatic heterocycles. The normalized spacial score (nSPS) is 16.5. The zero-order valence-electron chi connectivity index (χ0n) is 10.0. The lowest BCUT2D eigenvalue weighted by Crippen LogP contribution is -2.19. The van der Waals surface area contributed by atoms with Crippen molar-refractivity contribution in [3.05, 3.63) is 15.1 Å². The van der Waals surface area contributed by atoms with Gasteiger partial charge in [-0.05, 0) is 41.4 Å². The van der Waals surface area contributed by atoms with E-state index in [1.165, 1.54) is 12.8 Å². The van der Waals surface area contributed by atoms with E-state index in [2.05, 4.69) is 53.3 Å². The lowest BCUT2D eigenvalue weighted by Gasteiger charge is -2.20. The van der Waals surface area contributed by atoms with Crippen LogP contribution in [-0.2, 0) is 11.8 Å². The second-order valence-corrected chi connectivity index (χ2v) is 6.66. The summed E-state index contributed by atoms with van der Waals surface area (Å²) in [6, 6.07) is 0. The number of nitrogens with two attached hydrogens (primary N) is 1. The molecule has 0 unspecified atom stereocenters. The van der Waals surface area contributed by atoms with Crippen LogP contribution in [0.3, 0.4) is 0 Å². The average Bonchev–Trinajstić information content (AvgIpc) is 2.93. The van der Waals surface area contributed by atoms with Crippen molar-refractivity contribution in [1.82, 2.24) is 9.97 Å². The number of rotatable bonds is 2. The Morgan fingerprint density at radius 1 is 1.31 bits per heavy atom. The molecule has 1 aliphatic carbocycles. The van der Waals surface area contributed by atoms with E-state index in [9.17, 15) is 0 Å². The number of aromatic nitrogens is 2. The second-order valence-electron chi connectivity index (χ2n) is 5.59. The molecular weight excluding hydrogens is 313 g/mol. The van der Waals surface area contributed by atoms with E-state index in [-0.39, 0.29) is 5.41 Å². The topological polar surface area (TPSA) is 51.8 Å². The van der Waals surface area contributed by atoms with Crippen molar-refractivity contribution in [2.75, 3.05) is 5.73 Å². The quantitative estimate of drug-likeness (QED) is 0.848. The lowest BCUT2D eigenvalue weighted by molar-refractivity contribution is 0.556. The van der Waals surface area contributed by atoms with Gasteiger partial charge in [0, 0.05) is 11.8 Å². The minimum absolute atomic E-state index is 0.0336. The molecule has 1 heterocycles. The Morgan fingerprint density at radius 2 is 1.94 bits per heavy atom. The van der Waals surface area contributed by atoms with E-state index >= 15 is 0 Å². The smallest absolute Gasteiger partial charge is 0.140 e. The van der Waals surface area contributed by atoms with Gasteiger partial charge < -0.3 is 5.73 Å². The summed E-state index contributed by atoms with van der Waals surface area (Å²) in [6.07, 6.45) is 3.63. The zero-order chi connectivity index (χ0) is 11.9. The molecule has 0 bridgehead atoms. The van der Waals surface area contributed by atoms with Gasteiger partial charge in [0.25, 0.3) is 0 Å². The van der Waals surface area contributed by atoms with Gasteiger partial charge in [-0.2, -0.15) is 0 Å². The van der Waals surface area contributed by atoms with Crippen LogP contribution in [0.15, 0.2) is 0 Å². The summed E-state index contributed by atoms with van der Waals surface area (Å²) in [7, 11) is 0. The van der Waals surface area contributed by atoms with Crippen molar-refractivity contribution >= 4 is 28.4 Å². The van der Waals surface area contributed by atoms with Gasteiger partial charge in [-0.25, -0.2) is 9.97 Å². The van der Waals surface area contributed by atoms with Crippen LogP contribution < -0.4 is 5.73 Å². The summed E-state index contributed by atoms with van der Waals surface area (Å²) in [4.78, 5) is 9.07. The summed E-state index contributed by atoms with van der Waals surface area (Å²) in [6.45, 7) is 6.49. The summed E-state index contributed by atoms with van der Waals surface area (Å²) in [5.41, 5.74) is 7.07. The van der Waals surface area contributed by atoms with Gasteiger partial charge in [-0.3, -0.25) is 0 Å². The lowest BCUT2D eigenvalue weighted by atomic mass is 9.92. The Hall–Kier alpha value is -0.390. The third-order valence-electron chi connectivity index (χ3n) is 2.80. The SMILES string of the molecule is CC(C)(C)c1nc(CC2CC2)nc(N)c1I. The Bertz CT molecular complexity index is 405. The Balaban J connectivity index is 2.38. The van der Waals surface area contributed by atoms with Crippen LogP contribution in [0.25, 0.3) is 0 Å². The molecule has 1 saturated carbocycles. The summed E-state index contributed by atoms with van der Waals surface area (Å²) >= 11 is 2.25. The van der Waals surface area contributed by atoms with Gasteiger partial charge in [0.2, 0.25) is 0 Å². The van der Waals surface area contributed by atoms with Gasteiger partial charge in [0.1, 0.15) is 11.6 Å². The summed E-state index contributed by atoms with van der Waals surface area (Å²) in [5, 5.41) is 0. The molecule has 0 spiro atoms. The van der Waals surface area contributed by atoms with Crippen molar-refractivity contribution in [1.29, 1.82) is 0 Å². The zero-order valence-corrected chi connectivity index (χ0v) is 12.2. The van der Waals surface area contributed by atoms with Gasteiger partial charge in [-0.15, -0.1) is 0 Å². The maximum atomic E-state index is 5.96. The maximum absolute atomic E-state index is 5.96. The molecule has 0 radical (unpaired) electrons. The third-order valence-corrected chi connectivity index (χ3v) is 3.87. The fraction of sp³-hybridized carbons (Fsp3) is 0.667. The highest BCUT2D eigenvalue weighted by Gasteiger charge is 2.26. The summed E-state index contributed by atoms with van der Waals surface area (Å²) < 4.78 is 1.00. The molecular formula is C12H18IN3. The van der Waals surface area contributed by atoms with E-state index in [0.29, 0.717) is 5.82 Å². The van der Waals surface area contributed by atoms with Gasteiger partial charge in [0.05, 0.1) is 9.26 Å². The first-order chi connectivity index (χ1) is 7.38. The largest absolute Gasteiger partial charge is 0.383 e. The predicted octanol–water partition coefficient (Wildman–Crippen LogP) is 2.91. The van der Waals surface area contributed by atoms with Crippen LogP contribution in [0.1, 0.15) is 45.1 Å². The monoisotopic (exact) mass is 331 g/mol. The standard InChI is InChI=1S/C12H18IN3/c1-12(2,3)10-9(13)11(14)16-8(15-10)6-7-4-5-7/h7H,4-6H2,1-3H3,(H2,14,15,16). The van der Waals surface area contributed by atoms with Crippen LogP contribution in [0.2, 0.25) is 0 Å². The Morgan fingerprint density at radius 3 is 2.44 bits per heavy atom. The number of anilines is 1. The maximum Gasteiger partial charge on any atom is 0.140 e. The molecule has 0 saturated heterocycles. The second kappa shape index (κ2) is 4.13. The molecule has 16 heavy (non-hydrogen) atoms. The number of nitrogens with zero attached hydrogens (tertiary/aromatic N) is 2. The minimum atomic E-state index is 0.0336.